The second-order valence-electron chi connectivity index (χ2n) is 3.53. The second kappa shape index (κ2) is 5.75. The number of hydrogen-bond acceptors (Lipinski definition) is 5. The van der Waals surface area contributed by atoms with Crippen LogP contribution in [0.2, 0.25) is 0 Å². The number of imidazole rings is 1. The number of aromatic nitrogens is 2. The van der Waals surface area contributed by atoms with Crippen LogP contribution >= 0.6 is 0 Å². The van der Waals surface area contributed by atoms with Crippen LogP contribution < -0.4 is 5.32 Å². The second-order valence-corrected chi connectivity index (χ2v) is 3.53. The molecule has 2 N–H and O–H groups in total. The Kier molecular flexibility index (Phi) is 4.35. The number of carbonyl (C=O) groups excluding carboxylic acids is 1. The van der Waals surface area contributed by atoms with Crippen molar-refractivity contribution in [2.45, 2.75) is 19.9 Å². The van der Waals surface area contributed by atoms with Crippen LogP contribution in [0.3, 0.4) is 0 Å². The Balaban J connectivity index is 2.54. The largest absolute Gasteiger partial charge is 0.481 e. The van der Waals surface area contributed by atoms with Crippen molar-refractivity contribution in [3.63, 3.8) is 0 Å². The summed E-state index contributed by atoms with van der Waals surface area (Å²) in [4.78, 5) is 35.1. The molecule has 1 rings (SSSR count). The number of carboxylic acids is 1. The van der Waals surface area contributed by atoms with Crippen molar-refractivity contribution in [1.82, 2.24) is 14.9 Å². The Labute approximate surface area is 102 Å². The minimum atomic E-state index is -1.01. The van der Waals surface area contributed by atoms with E-state index in [0.29, 0.717) is 5.82 Å². The molecule has 1 amide bonds. The van der Waals surface area contributed by atoms with E-state index in [1.54, 1.807) is 0 Å². The number of nitrogens with one attached hydrogen (secondary N) is 1. The first kappa shape index (κ1) is 13.6. The molecule has 1 heterocycles. The number of carboxylic acid groups (broad SMARTS) is 1. The molecule has 9 nitrogen and oxygen atoms in total. The lowest BCUT2D eigenvalue weighted by molar-refractivity contribution is -0.389. The maximum atomic E-state index is 11.4. The van der Waals surface area contributed by atoms with Crippen molar-refractivity contribution in [3.8, 4) is 0 Å². The molecular formula is C9H12N4O5. The number of aliphatic carboxylic acids is 1. The Morgan fingerprint density at radius 3 is 2.78 bits per heavy atom. The number of aryl methyl sites for hydroxylation is 1. The molecule has 1 aromatic heterocycles. The zero-order chi connectivity index (χ0) is 13.7. The van der Waals surface area contributed by atoms with Crippen molar-refractivity contribution in [3.05, 3.63) is 22.1 Å². The van der Waals surface area contributed by atoms with E-state index in [2.05, 4.69) is 10.3 Å². The van der Waals surface area contributed by atoms with Gasteiger partial charge < -0.3 is 20.5 Å². The van der Waals surface area contributed by atoms with Gasteiger partial charge in [-0.05, 0) is 9.91 Å². The summed E-state index contributed by atoms with van der Waals surface area (Å²) >= 11 is 0. The zero-order valence-corrected chi connectivity index (χ0v) is 9.62. The SMILES string of the molecule is Cc1nc([N+](=O)[O-])cn1CC(=O)NCCC(=O)O. The Morgan fingerprint density at radius 2 is 2.28 bits per heavy atom. The van der Waals surface area contributed by atoms with Crippen molar-refractivity contribution in [2.75, 3.05) is 6.54 Å². The molecule has 0 fully saturated rings. The Morgan fingerprint density at radius 1 is 1.61 bits per heavy atom. The Bertz CT molecular complexity index is 481. The first-order valence-electron chi connectivity index (χ1n) is 5.07. The number of carbonyl (C=O) groups is 2. The first-order valence-corrected chi connectivity index (χ1v) is 5.07. The van der Waals surface area contributed by atoms with Crippen LogP contribution in [-0.2, 0) is 16.1 Å². The molecule has 0 unspecified atom stereocenters. The highest BCUT2D eigenvalue weighted by atomic mass is 16.6. The maximum absolute atomic E-state index is 11.4. The van der Waals surface area contributed by atoms with Crippen LogP contribution in [0.4, 0.5) is 5.82 Å². The molecule has 0 spiro atoms. The van der Waals surface area contributed by atoms with Crippen LogP contribution in [0.25, 0.3) is 0 Å². The van der Waals surface area contributed by atoms with E-state index in [0.717, 1.165) is 6.20 Å². The normalized spacial score (nSPS) is 10.1. The van der Waals surface area contributed by atoms with E-state index in [1.165, 1.54) is 11.5 Å². The van der Waals surface area contributed by atoms with E-state index < -0.39 is 16.8 Å². The third-order valence-electron chi connectivity index (χ3n) is 2.13. The molecule has 0 bridgehead atoms. The quantitative estimate of drug-likeness (QED) is 0.530. The van der Waals surface area contributed by atoms with Crippen LogP contribution in [0.1, 0.15) is 12.2 Å². The number of nitro groups is 1. The molecule has 18 heavy (non-hydrogen) atoms. The molecule has 0 aliphatic carbocycles. The van der Waals surface area contributed by atoms with Crippen LogP contribution in [-0.4, -0.2) is 38.0 Å². The van der Waals surface area contributed by atoms with Gasteiger partial charge in [-0.15, -0.1) is 0 Å². The topological polar surface area (TPSA) is 127 Å². The maximum Gasteiger partial charge on any atom is 0.381 e. The average Bonchev–Trinajstić information content (AvgIpc) is 2.60. The minimum absolute atomic E-state index is 0.0179. The van der Waals surface area contributed by atoms with Gasteiger partial charge in [0.1, 0.15) is 12.7 Å². The minimum Gasteiger partial charge on any atom is -0.481 e. The summed E-state index contributed by atoms with van der Waals surface area (Å²) < 4.78 is 1.33. The van der Waals surface area contributed by atoms with Crippen molar-refractivity contribution in [1.29, 1.82) is 0 Å². The highest BCUT2D eigenvalue weighted by molar-refractivity contribution is 5.76. The van der Waals surface area contributed by atoms with Gasteiger partial charge in [0.15, 0.2) is 0 Å². The van der Waals surface area contributed by atoms with E-state index in [-0.39, 0.29) is 25.3 Å². The summed E-state index contributed by atoms with van der Waals surface area (Å²) in [5.74, 6) is -1.42. The van der Waals surface area contributed by atoms with Gasteiger partial charge >= 0.3 is 11.8 Å². The molecule has 0 atom stereocenters. The molecule has 9 heteroatoms. The molecule has 1 aromatic rings. The predicted octanol–water partition coefficient (Wildman–Crippen LogP) is -0.309. The molecule has 0 aromatic carbocycles. The average molecular weight is 256 g/mol. The van der Waals surface area contributed by atoms with Crippen molar-refractivity contribution in [2.24, 2.45) is 0 Å². The van der Waals surface area contributed by atoms with Crippen molar-refractivity contribution < 1.29 is 19.6 Å². The monoisotopic (exact) mass is 256 g/mol. The number of amides is 1. The lowest BCUT2D eigenvalue weighted by Crippen LogP contribution is -2.29. The molecule has 0 saturated carbocycles. The van der Waals surface area contributed by atoms with Crippen LogP contribution in [0.15, 0.2) is 6.20 Å². The lowest BCUT2D eigenvalue weighted by Gasteiger charge is -2.03. The van der Waals surface area contributed by atoms with Gasteiger partial charge in [-0.3, -0.25) is 14.2 Å². The van der Waals surface area contributed by atoms with Gasteiger partial charge in [0.2, 0.25) is 11.7 Å². The smallest absolute Gasteiger partial charge is 0.381 e. The summed E-state index contributed by atoms with van der Waals surface area (Å²) in [6, 6.07) is 0. The molecule has 0 aliphatic heterocycles. The fourth-order valence-corrected chi connectivity index (χ4v) is 1.26. The fourth-order valence-electron chi connectivity index (χ4n) is 1.26. The van der Waals surface area contributed by atoms with Gasteiger partial charge in [-0.2, -0.15) is 0 Å². The van der Waals surface area contributed by atoms with Gasteiger partial charge in [0.05, 0.1) is 6.42 Å². The Hall–Kier alpha value is -2.45. The van der Waals surface area contributed by atoms with E-state index >= 15 is 0 Å². The zero-order valence-electron chi connectivity index (χ0n) is 9.62. The third kappa shape index (κ3) is 3.85. The summed E-state index contributed by atoms with van der Waals surface area (Å²) in [6.07, 6.45) is 0.987. The standard InChI is InChI=1S/C9H12N4O5/c1-6-11-7(13(17)18)4-12(6)5-8(14)10-3-2-9(15)16/h4H,2-3,5H2,1H3,(H,10,14)(H,15,16). The van der Waals surface area contributed by atoms with Crippen molar-refractivity contribution >= 4 is 17.7 Å². The molecule has 0 saturated heterocycles. The molecular weight excluding hydrogens is 244 g/mol. The summed E-state index contributed by atoms with van der Waals surface area (Å²) in [7, 11) is 0. The van der Waals surface area contributed by atoms with E-state index in [1.807, 2.05) is 0 Å². The third-order valence-corrected chi connectivity index (χ3v) is 2.13. The van der Waals surface area contributed by atoms with Gasteiger partial charge in [-0.1, -0.05) is 0 Å². The van der Waals surface area contributed by atoms with E-state index in [4.69, 9.17) is 5.11 Å². The predicted molar refractivity (Wildman–Crippen MR) is 58.9 cm³/mol. The number of rotatable bonds is 6. The highest BCUT2D eigenvalue weighted by Gasteiger charge is 2.16. The highest BCUT2D eigenvalue weighted by Crippen LogP contribution is 2.09. The fraction of sp³-hybridized carbons (Fsp3) is 0.444. The van der Waals surface area contributed by atoms with Gasteiger partial charge in [-0.25, -0.2) is 0 Å². The lowest BCUT2D eigenvalue weighted by atomic mass is 10.4. The summed E-state index contributed by atoms with van der Waals surface area (Å²) in [6.45, 7) is 1.42. The summed E-state index contributed by atoms with van der Waals surface area (Å²) in [5.41, 5.74) is 0. The first-order chi connectivity index (χ1) is 8.40. The van der Waals surface area contributed by atoms with E-state index in [9.17, 15) is 19.7 Å². The summed E-state index contributed by atoms with van der Waals surface area (Å²) in [5, 5.41) is 21.2. The number of hydrogen-bond donors (Lipinski definition) is 2. The molecule has 0 radical (unpaired) electrons. The van der Waals surface area contributed by atoms with Gasteiger partial charge in [0, 0.05) is 13.5 Å². The van der Waals surface area contributed by atoms with Crippen LogP contribution in [0, 0.1) is 17.0 Å². The molecule has 0 aliphatic rings. The number of nitrogens with zero attached hydrogens (tertiary/aromatic N) is 3. The molecule has 98 valence electrons. The van der Waals surface area contributed by atoms with Gasteiger partial charge in [0.25, 0.3) is 0 Å². The van der Waals surface area contributed by atoms with Crippen LogP contribution in [0.5, 0.6) is 0 Å².